The van der Waals surface area contributed by atoms with Crippen molar-refractivity contribution >= 4 is 16.6 Å². The van der Waals surface area contributed by atoms with Gasteiger partial charge in [0, 0.05) is 11.9 Å². The molecule has 3 aromatic rings. The number of fused-ring (bicyclic) bond motifs is 1. The van der Waals surface area contributed by atoms with Crippen LogP contribution in [0.3, 0.4) is 0 Å². The summed E-state index contributed by atoms with van der Waals surface area (Å²) in [4.78, 5) is 0. The Labute approximate surface area is 124 Å². The molecule has 0 radical (unpaired) electrons. The molecule has 21 heavy (non-hydrogen) atoms. The number of hydrogen-bond donors (Lipinski definition) is 1. The first kappa shape index (κ1) is 13.5. The van der Waals surface area contributed by atoms with Gasteiger partial charge in [-0.15, -0.1) is 0 Å². The Morgan fingerprint density at radius 3 is 2.81 bits per heavy atom. The maximum absolute atomic E-state index is 5.95. The van der Waals surface area contributed by atoms with Gasteiger partial charge in [0.2, 0.25) is 0 Å². The first-order valence-corrected chi connectivity index (χ1v) is 7.12. The summed E-state index contributed by atoms with van der Waals surface area (Å²) >= 11 is 0. The molecule has 0 unspecified atom stereocenters. The van der Waals surface area contributed by atoms with Crippen LogP contribution < -0.4 is 10.5 Å². The summed E-state index contributed by atoms with van der Waals surface area (Å²) < 4.78 is 7.86. The molecule has 0 bridgehead atoms. The van der Waals surface area contributed by atoms with Gasteiger partial charge >= 0.3 is 0 Å². The van der Waals surface area contributed by atoms with E-state index < -0.39 is 0 Å². The van der Waals surface area contributed by atoms with Crippen LogP contribution in [-0.4, -0.2) is 9.78 Å². The Bertz CT molecular complexity index is 777. The molecule has 2 aromatic carbocycles. The van der Waals surface area contributed by atoms with Crippen LogP contribution in [0.4, 0.5) is 5.69 Å². The van der Waals surface area contributed by atoms with Crippen molar-refractivity contribution in [2.75, 3.05) is 5.73 Å². The maximum Gasteiger partial charge on any atom is 0.143 e. The van der Waals surface area contributed by atoms with Crippen LogP contribution in [0.5, 0.6) is 5.75 Å². The minimum Gasteiger partial charge on any atom is -0.485 e. The summed E-state index contributed by atoms with van der Waals surface area (Å²) in [7, 11) is 0. The first-order valence-electron chi connectivity index (χ1n) is 7.12. The van der Waals surface area contributed by atoms with E-state index in [1.54, 1.807) is 0 Å². The highest BCUT2D eigenvalue weighted by molar-refractivity contribution is 5.81. The second-order valence-electron chi connectivity index (χ2n) is 5.11. The van der Waals surface area contributed by atoms with Crippen molar-refractivity contribution in [1.82, 2.24) is 9.78 Å². The highest BCUT2D eigenvalue weighted by Crippen LogP contribution is 2.25. The van der Waals surface area contributed by atoms with Gasteiger partial charge in [0.15, 0.2) is 0 Å². The molecule has 0 aliphatic carbocycles. The van der Waals surface area contributed by atoms with Gasteiger partial charge in [-0.1, -0.05) is 24.3 Å². The topological polar surface area (TPSA) is 53.1 Å². The largest absolute Gasteiger partial charge is 0.485 e. The van der Waals surface area contributed by atoms with Crippen molar-refractivity contribution in [2.24, 2.45) is 0 Å². The lowest BCUT2D eigenvalue weighted by molar-refractivity contribution is 0.302. The molecule has 0 aliphatic rings. The molecule has 1 heterocycles. The van der Waals surface area contributed by atoms with Crippen LogP contribution >= 0.6 is 0 Å². The SMILES string of the molecule is CCn1nc(COc2cc(C)ccc2N)c2ccccc21. The van der Waals surface area contributed by atoms with Gasteiger partial charge in [0.05, 0.1) is 11.2 Å². The lowest BCUT2D eigenvalue weighted by Crippen LogP contribution is -2.02. The third-order valence-electron chi connectivity index (χ3n) is 3.57. The van der Waals surface area contributed by atoms with E-state index in [-0.39, 0.29) is 0 Å². The van der Waals surface area contributed by atoms with E-state index in [1.165, 1.54) is 0 Å². The number of hydrogen-bond acceptors (Lipinski definition) is 3. The van der Waals surface area contributed by atoms with Crippen molar-refractivity contribution in [2.45, 2.75) is 27.0 Å². The van der Waals surface area contributed by atoms with Gasteiger partial charge < -0.3 is 10.5 Å². The van der Waals surface area contributed by atoms with E-state index >= 15 is 0 Å². The third-order valence-corrected chi connectivity index (χ3v) is 3.57. The van der Waals surface area contributed by atoms with Gasteiger partial charge in [0.25, 0.3) is 0 Å². The molecule has 4 heteroatoms. The summed E-state index contributed by atoms with van der Waals surface area (Å²) in [5, 5.41) is 5.76. The van der Waals surface area contributed by atoms with Gasteiger partial charge in [-0.2, -0.15) is 5.10 Å². The lowest BCUT2D eigenvalue weighted by Gasteiger charge is -2.08. The zero-order valence-corrected chi connectivity index (χ0v) is 12.3. The Morgan fingerprint density at radius 2 is 2.00 bits per heavy atom. The Balaban J connectivity index is 1.90. The van der Waals surface area contributed by atoms with Gasteiger partial charge in [-0.3, -0.25) is 4.68 Å². The predicted octanol–water partition coefficient (Wildman–Crippen LogP) is 3.53. The van der Waals surface area contributed by atoms with E-state index in [4.69, 9.17) is 10.5 Å². The number of nitrogen functional groups attached to an aromatic ring is 1. The summed E-state index contributed by atoms with van der Waals surface area (Å²) in [5.74, 6) is 0.713. The number of benzene rings is 2. The fourth-order valence-electron chi connectivity index (χ4n) is 2.46. The highest BCUT2D eigenvalue weighted by Gasteiger charge is 2.10. The van der Waals surface area contributed by atoms with E-state index in [0.717, 1.165) is 28.7 Å². The normalized spacial score (nSPS) is 11.0. The molecule has 0 spiro atoms. The van der Waals surface area contributed by atoms with E-state index in [2.05, 4.69) is 24.2 Å². The molecule has 0 fully saturated rings. The van der Waals surface area contributed by atoms with E-state index in [1.807, 2.05) is 41.9 Å². The van der Waals surface area contributed by atoms with Crippen LogP contribution in [0, 0.1) is 6.92 Å². The first-order chi connectivity index (χ1) is 10.2. The third kappa shape index (κ3) is 2.57. The number of nitrogens with zero attached hydrogens (tertiary/aromatic N) is 2. The highest BCUT2D eigenvalue weighted by atomic mass is 16.5. The standard InChI is InChI=1S/C17H19N3O/c1-3-20-16-7-5-4-6-13(16)15(19-20)11-21-17-10-12(2)8-9-14(17)18/h4-10H,3,11,18H2,1-2H3. The van der Waals surface area contributed by atoms with Crippen molar-refractivity contribution in [3.05, 3.63) is 53.7 Å². The minimum atomic E-state index is 0.418. The van der Waals surface area contributed by atoms with Crippen LogP contribution in [0.25, 0.3) is 10.9 Å². The van der Waals surface area contributed by atoms with Crippen molar-refractivity contribution in [3.63, 3.8) is 0 Å². The molecular formula is C17H19N3O. The molecule has 0 atom stereocenters. The average Bonchev–Trinajstić information content (AvgIpc) is 2.86. The van der Waals surface area contributed by atoms with Crippen molar-refractivity contribution in [1.29, 1.82) is 0 Å². The monoisotopic (exact) mass is 281 g/mol. The quantitative estimate of drug-likeness (QED) is 0.744. The minimum absolute atomic E-state index is 0.418. The maximum atomic E-state index is 5.95. The van der Waals surface area contributed by atoms with Crippen molar-refractivity contribution < 1.29 is 4.74 Å². The summed E-state index contributed by atoms with van der Waals surface area (Å²) in [6.45, 7) is 5.37. The molecule has 2 N–H and O–H groups in total. The molecule has 0 amide bonds. The molecule has 0 saturated carbocycles. The molecule has 1 aromatic heterocycles. The Hall–Kier alpha value is -2.49. The number of ether oxygens (including phenoxy) is 1. The number of aromatic nitrogens is 2. The number of rotatable bonds is 4. The van der Waals surface area contributed by atoms with E-state index in [9.17, 15) is 0 Å². The summed E-state index contributed by atoms with van der Waals surface area (Å²) in [6.07, 6.45) is 0. The van der Waals surface area contributed by atoms with Gasteiger partial charge in [0.1, 0.15) is 18.1 Å². The number of nitrogens with two attached hydrogens (primary N) is 1. The fraction of sp³-hybridized carbons (Fsp3) is 0.235. The predicted molar refractivity (Wildman–Crippen MR) is 85.3 cm³/mol. The number of anilines is 1. The van der Waals surface area contributed by atoms with Crippen molar-refractivity contribution in [3.8, 4) is 5.75 Å². The smallest absolute Gasteiger partial charge is 0.143 e. The van der Waals surface area contributed by atoms with Crippen LogP contribution in [-0.2, 0) is 13.2 Å². The van der Waals surface area contributed by atoms with E-state index in [0.29, 0.717) is 18.0 Å². The number of para-hydroxylation sites is 1. The lowest BCUT2D eigenvalue weighted by atomic mass is 10.2. The molecular weight excluding hydrogens is 262 g/mol. The summed E-state index contributed by atoms with van der Waals surface area (Å²) in [5.41, 5.74) is 9.80. The zero-order chi connectivity index (χ0) is 14.8. The average molecular weight is 281 g/mol. The summed E-state index contributed by atoms with van der Waals surface area (Å²) in [6, 6.07) is 14.0. The zero-order valence-electron chi connectivity index (χ0n) is 12.3. The van der Waals surface area contributed by atoms with Gasteiger partial charge in [-0.25, -0.2) is 0 Å². The second-order valence-corrected chi connectivity index (χ2v) is 5.11. The van der Waals surface area contributed by atoms with Crippen LogP contribution in [0.1, 0.15) is 18.2 Å². The molecule has 3 rings (SSSR count). The molecule has 0 saturated heterocycles. The molecule has 4 nitrogen and oxygen atoms in total. The second kappa shape index (κ2) is 5.48. The fourth-order valence-corrected chi connectivity index (χ4v) is 2.46. The van der Waals surface area contributed by atoms with Crippen LogP contribution in [0.2, 0.25) is 0 Å². The molecule has 0 aliphatic heterocycles. The number of aryl methyl sites for hydroxylation is 2. The van der Waals surface area contributed by atoms with Crippen LogP contribution in [0.15, 0.2) is 42.5 Å². The Kier molecular flexibility index (Phi) is 3.52. The van der Waals surface area contributed by atoms with Gasteiger partial charge in [-0.05, 0) is 37.6 Å². The molecule has 108 valence electrons. The Morgan fingerprint density at radius 1 is 1.19 bits per heavy atom.